The van der Waals surface area contributed by atoms with Crippen molar-refractivity contribution >= 4 is 11.6 Å². The maximum absolute atomic E-state index is 13.3. The zero-order valence-corrected chi connectivity index (χ0v) is 13.5. The fourth-order valence-electron chi connectivity index (χ4n) is 2.77. The number of anilines is 1. The van der Waals surface area contributed by atoms with Crippen molar-refractivity contribution in [2.45, 2.75) is 12.3 Å². The number of hydrogen-bond donors (Lipinski definition) is 1. The zero-order valence-electron chi connectivity index (χ0n) is 13.5. The lowest BCUT2D eigenvalue weighted by Crippen LogP contribution is -2.16. The summed E-state index contributed by atoms with van der Waals surface area (Å²) in [6.07, 6.45) is 0.201. The lowest BCUT2D eigenvalue weighted by Gasteiger charge is -2.18. The molecule has 0 aliphatic heterocycles. The van der Waals surface area contributed by atoms with Crippen LogP contribution in [0.2, 0.25) is 0 Å². The highest BCUT2D eigenvalue weighted by molar-refractivity contribution is 5.91. The van der Waals surface area contributed by atoms with Gasteiger partial charge in [0.1, 0.15) is 0 Å². The second-order valence-electron chi connectivity index (χ2n) is 5.76. The third-order valence-electron chi connectivity index (χ3n) is 4.00. The summed E-state index contributed by atoms with van der Waals surface area (Å²) < 4.78 is 26.3. The molecule has 3 rings (SSSR count). The van der Waals surface area contributed by atoms with Crippen molar-refractivity contribution in [1.29, 1.82) is 0 Å². The second-order valence-corrected chi connectivity index (χ2v) is 5.76. The maximum atomic E-state index is 13.3. The molecule has 0 bridgehead atoms. The Bertz CT molecular complexity index is 811. The first-order valence-corrected chi connectivity index (χ1v) is 7.98. The van der Waals surface area contributed by atoms with Crippen LogP contribution in [0.3, 0.4) is 0 Å². The van der Waals surface area contributed by atoms with Crippen LogP contribution in [0.5, 0.6) is 0 Å². The highest BCUT2D eigenvalue weighted by Crippen LogP contribution is 2.28. The minimum atomic E-state index is -0.986. The Labute approximate surface area is 145 Å². The lowest BCUT2D eigenvalue weighted by atomic mass is 9.88. The molecule has 3 aromatic rings. The number of rotatable bonds is 5. The topological polar surface area (TPSA) is 29.1 Å². The molecule has 2 nitrogen and oxygen atoms in total. The summed E-state index contributed by atoms with van der Waals surface area (Å²) >= 11 is 0. The summed E-state index contributed by atoms with van der Waals surface area (Å²) in [6, 6.07) is 22.8. The van der Waals surface area contributed by atoms with Gasteiger partial charge < -0.3 is 5.32 Å². The predicted octanol–water partition coefficient (Wildman–Crippen LogP) is 5.13. The van der Waals surface area contributed by atoms with Crippen molar-refractivity contribution < 1.29 is 13.6 Å². The van der Waals surface area contributed by atoms with E-state index in [4.69, 9.17) is 0 Å². The van der Waals surface area contributed by atoms with Crippen LogP contribution in [-0.2, 0) is 4.79 Å². The predicted molar refractivity (Wildman–Crippen MR) is 94.3 cm³/mol. The normalized spacial score (nSPS) is 10.7. The Hall–Kier alpha value is -3.01. The quantitative estimate of drug-likeness (QED) is 0.687. The number of carbonyl (C=O) groups is 1. The van der Waals surface area contributed by atoms with Gasteiger partial charge in [0.15, 0.2) is 11.6 Å². The number of amides is 1. The van der Waals surface area contributed by atoms with Crippen LogP contribution in [0.1, 0.15) is 23.5 Å². The summed E-state index contributed by atoms with van der Waals surface area (Å²) in [5.74, 6) is -2.30. The number of nitrogens with one attached hydrogen (secondary N) is 1. The Morgan fingerprint density at radius 1 is 0.800 bits per heavy atom. The maximum Gasteiger partial charge on any atom is 0.225 e. The van der Waals surface area contributed by atoms with Crippen molar-refractivity contribution in [3.8, 4) is 0 Å². The van der Waals surface area contributed by atoms with Crippen LogP contribution >= 0.6 is 0 Å². The Kier molecular flexibility index (Phi) is 5.19. The minimum absolute atomic E-state index is 0.118. The van der Waals surface area contributed by atoms with E-state index in [2.05, 4.69) is 5.32 Å². The number of hydrogen-bond acceptors (Lipinski definition) is 1. The smallest absolute Gasteiger partial charge is 0.225 e. The molecular formula is C21H17F2NO. The van der Waals surface area contributed by atoms with Gasteiger partial charge in [-0.25, -0.2) is 8.78 Å². The first-order chi connectivity index (χ1) is 12.1. The summed E-state index contributed by atoms with van der Waals surface area (Å²) in [5, 5.41) is 2.63. The van der Waals surface area contributed by atoms with Gasteiger partial charge in [0, 0.05) is 24.1 Å². The molecule has 0 heterocycles. The van der Waals surface area contributed by atoms with Crippen molar-refractivity contribution in [3.05, 3.63) is 102 Å². The van der Waals surface area contributed by atoms with Gasteiger partial charge in [-0.1, -0.05) is 60.7 Å². The summed E-state index contributed by atoms with van der Waals surface area (Å²) in [5.41, 5.74) is 2.28. The molecule has 0 radical (unpaired) electrons. The van der Waals surface area contributed by atoms with E-state index < -0.39 is 11.6 Å². The van der Waals surface area contributed by atoms with Gasteiger partial charge in [0.2, 0.25) is 5.91 Å². The highest BCUT2D eigenvalue weighted by Gasteiger charge is 2.18. The Balaban J connectivity index is 1.80. The fourth-order valence-corrected chi connectivity index (χ4v) is 2.77. The lowest BCUT2D eigenvalue weighted by molar-refractivity contribution is -0.116. The van der Waals surface area contributed by atoms with Crippen molar-refractivity contribution in [2.24, 2.45) is 0 Å². The molecule has 3 aromatic carbocycles. The highest BCUT2D eigenvalue weighted by atomic mass is 19.2. The van der Waals surface area contributed by atoms with E-state index in [0.29, 0.717) is 0 Å². The molecule has 4 heteroatoms. The Morgan fingerprint density at radius 3 is 1.88 bits per heavy atom. The van der Waals surface area contributed by atoms with Crippen molar-refractivity contribution in [1.82, 2.24) is 0 Å². The average Bonchev–Trinajstić information content (AvgIpc) is 2.64. The summed E-state index contributed by atoms with van der Waals surface area (Å²) in [6.45, 7) is 0. The van der Waals surface area contributed by atoms with E-state index in [1.807, 2.05) is 60.7 Å². The van der Waals surface area contributed by atoms with Crippen LogP contribution in [0.15, 0.2) is 78.9 Å². The summed E-state index contributed by atoms with van der Waals surface area (Å²) in [7, 11) is 0. The molecule has 0 saturated heterocycles. The molecule has 0 spiro atoms. The van der Waals surface area contributed by atoms with Crippen LogP contribution in [0, 0.1) is 11.6 Å². The van der Waals surface area contributed by atoms with Crippen molar-refractivity contribution in [2.75, 3.05) is 5.32 Å². The minimum Gasteiger partial charge on any atom is -0.326 e. The van der Waals surface area contributed by atoms with E-state index >= 15 is 0 Å². The van der Waals surface area contributed by atoms with E-state index in [0.717, 1.165) is 23.3 Å². The summed E-state index contributed by atoms with van der Waals surface area (Å²) in [4.78, 5) is 12.4. The molecule has 1 N–H and O–H groups in total. The SMILES string of the molecule is O=C(CC(c1ccccc1)c1ccccc1)Nc1ccc(F)c(F)c1. The molecule has 0 aliphatic rings. The number of halogens is 2. The average molecular weight is 337 g/mol. The van der Waals surface area contributed by atoms with Gasteiger partial charge in [-0.15, -0.1) is 0 Å². The second kappa shape index (κ2) is 7.71. The number of carbonyl (C=O) groups excluding carboxylic acids is 1. The third-order valence-corrected chi connectivity index (χ3v) is 4.00. The van der Waals surface area contributed by atoms with Crippen LogP contribution < -0.4 is 5.32 Å². The first-order valence-electron chi connectivity index (χ1n) is 7.98. The van der Waals surface area contributed by atoms with Crippen LogP contribution in [0.25, 0.3) is 0 Å². The van der Waals surface area contributed by atoms with Crippen LogP contribution in [-0.4, -0.2) is 5.91 Å². The van der Waals surface area contributed by atoms with Gasteiger partial charge in [-0.2, -0.15) is 0 Å². The van der Waals surface area contributed by atoms with Gasteiger partial charge >= 0.3 is 0 Å². The van der Waals surface area contributed by atoms with Gasteiger partial charge in [-0.05, 0) is 23.3 Å². The van der Waals surface area contributed by atoms with E-state index in [1.54, 1.807) is 0 Å². The molecule has 0 fully saturated rings. The van der Waals surface area contributed by atoms with Crippen LogP contribution in [0.4, 0.5) is 14.5 Å². The largest absolute Gasteiger partial charge is 0.326 e. The Morgan fingerprint density at radius 2 is 1.36 bits per heavy atom. The molecule has 0 aromatic heterocycles. The molecular weight excluding hydrogens is 320 g/mol. The molecule has 0 saturated carbocycles. The van der Waals surface area contributed by atoms with E-state index in [-0.39, 0.29) is 23.9 Å². The standard InChI is InChI=1S/C21H17F2NO/c22-19-12-11-17(13-20(19)23)24-21(25)14-18(15-7-3-1-4-8-15)16-9-5-2-6-10-16/h1-13,18H,14H2,(H,24,25). The van der Waals surface area contributed by atoms with E-state index in [1.165, 1.54) is 6.07 Å². The monoisotopic (exact) mass is 337 g/mol. The van der Waals surface area contributed by atoms with Gasteiger partial charge in [0.05, 0.1) is 0 Å². The van der Waals surface area contributed by atoms with E-state index in [9.17, 15) is 13.6 Å². The fraction of sp³-hybridized carbons (Fsp3) is 0.0952. The third kappa shape index (κ3) is 4.29. The first kappa shape index (κ1) is 16.8. The molecule has 25 heavy (non-hydrogen) atoms. The zero-order chi connectivity index (χ0) is 17.6. The van der Waals surface area contributed by atoms with Gasteiger partial charge in [-0.3, -0.25) is 4.79 Å². The van der Waals surface area contributed by atoms with Gasteiger partial charge in [0.25, 0.3) is 0 Å². The molecule has 126 valence electrons. The molecule has 1 amide bonds. The molecule has 0 atom stereocenters. The number of benzene rings is 3. The van der Waals surface area contributed by atoms with Crippen molar-refractivity contribution in [3.63, 3.8) is 0 Å². The molecule has 0 unspecified atom stereocenters. The molecule has 0 aliphatic carbocycles.